The van der Waals surface area contributed by atoms with Crippen LogP contribution in [-0.2, 0) is 19.1 Å². The van der Waals surface area contributed by atoms with E-state index in [2.05, 4.69) is 42.5 Å². The number of fused-ring (bicyclic) bond motifs is 4. The van der Waals surface area contributed by atoms with E-state index in [0.717, 1.165) is 112 Å². The number of nitrogens with one attached hydrogen (secondary N) is 2. The number of alkyl halides is 2. The van der Waals surface area contributed by atoms with Crippen LogP contribution in [0.25, 0.3) is 16.6 Å². The van der Waals surface area contributed by atoms with Gasteiger partial charge in [0.2, 0.25) is 11.8 Å². The predicted molar refractivity (Wildman–Crippen MR) is 230 cm³/mol. The highest BCUT2D eigenvalue weighted by atomic mass is 19.3. The fourth-order valence-electron chi connectivity index (χ4n) is 10.5. The van der Waals surface area contributed by atoms with E-state index in [0.29, 0.717) is 43.7 Å². The highest BCUT2D eigenvalue weighted by Crippen LogP contribution is 2.41. The molecular formula is C46H51F2N11O5. The van der Waals surface area contributed by atoms with Crippen LogP contribution >= 0.6 is 0 Å². The number of likely N-dealkylation sites (tertiary alicyclic amines) is 1. The lowest BCUT2D eigenvalue weighted by Gasteiger charge is -2.36. The maximum atomic E-state index is 14.3. The molecule has 2 N–H and O–H groups in total. The summed E-state index contributed by atoms with van der Waals surface area (Å²) in [6.07, 6.45) is 11.4. The van der Waals surface area contributed by atoms with E-state index < -0.39 is 23.9 Å². The van der Waals surface area contributed by atoms with E-state index in [4.69, 9.17) is 19.6 Å². The Balaban J connectivity index is 0.660. The molecule has 5 aromatic rings. The van der Waals surface area contributed by atoms with Crippen molar-refractivity contribution in [3.63, 3.8) is 0 Å². The van der Waals surface area contributed by atoms with Gasteiger partial charge in [-0.1, -0.05) is 24.0 Å². The normalized spacial score (nSPS) is 25.4. The van der Waals surface area contributed by atoms with Crippen LogP contribution in [0.15, 0.2) is 42.9 Å². The van der Waals surface area contributed by atoms with Crippen LogP contribution in [0.5, 0.6) is 0 Å². The minimum absolute atomic E-state index is 0.00159. The lowest BCUT2D eigenvalue weighted by molar-refractivity contribution is -0.134. The maximum Gasteiger partial charge on any atom is 0.284 e. The minimum Gasteiger partial charge on any atom is -0.374 e. The molecule has 4 aromatic heterocycles. The second kappa shape index (κ2) is 17.0. The number of nitrogens with zero attached hydrogens (tertiary/aromatic N) is 9. The lowest BCUT2D eigenvalue weighted by atomic mass is 9.85. The van der Waals surface area contributed by atoms with E-state index in [-0.39, 0.29) is 47.4 Å². The second-order valence-electron chi connectivity index (χ2n) is 18.3. The molecule has 16 nitrogen and oxygen atoms in total. The van der Waals surface area contributed by atoms with Crippen molar-refractivity contribution in [1.29, 1.82) is 0 Å². The van der Waals surface area contributed by atoms with Crippen molar-refractivity contribution in [2.45, 2.75) is 113 Å². The first-order chi connectivity index (χ1) is 31.2. The average Bonchev–Trinajstić information content (AvgIpc) is 3.73. The van der Waals surface area contributed by atoms with Gasteiger partial charge in [-0.25, -0.2) is 18.3 Å². The van der Waals surface area contributed by atoms with Gasteiger partial charge in [0.25, 0.3) is 12.3 Å². The summed E-state index contributed by atoms with van der Waals surface area (Å²) < 4.78 is 45.8. The molecule has 1 unspecified atom stereocenters. The number of rotatable bonds is 11. The van der Waals surface area contributed by atoms with Crippen LogP contribution in [0.4, 0.5) is 20.3 Å². The number of anilines is 2. The van der Waals surface area contributed by atoms with Gasteiger partial charge < -0.3 is 24.6 Å². The summed E-state index contributed by atoms with van der Waals surface area (Å²) in [5.41, 5.74) is 2.65. The van der Waals surface area contributed by atoms with Gasteiger partial charge in [-0.2, -0.15) is 15.3 Å². The highest BCUT2D eigenvalue weighted by molar-refractivity contribution is 6.08. The average molecular weight is 876 g/mol. The molecule has 3 atom stereocenters. The molecule has 4 saturated heterocycles. The summed E-state index contributed by atoms with van der Waals surface area (Å²) in [6.45, 7) is 4.59. The van der Waals surface area contributed by atoms with Crippen molar-refractivity contribution in [3.8, 4) is 11.8 Å². The third-order valence-corrected chi connectivity index (χ3v) is 14.1. The van der Waals surface area contributed by atoms with Gasteiger partial charge in [0, 0.05) is 50.4 Å². The van der Waals surface area contributed by atoms with Gasteiger partial charge >= 0.3 is 0 Å². The molecule has 3 amide bonds. The van der Waals surface area contributed by atoms with E-state index in [1.165, 1.54) is 10.7 Å². The van der Waals surface area contributed by atoms with E-state index >= 15 is 0 Å². The summed E-state index contributed by atoms with van der Waals surface area (Å²) >= 11 is 0. The molecular weight excluding hydrogens is 825 g/mol. The number of piperidine rings is 2. The molecule has 2 bridgehead atoms. The van der Waals surface area contributed by atoms with E-state index in [1.54, 1.807) is 17.1 Å². The fourth-order valence-corrected chi connectivity index (χ4v) is 10.5. The number of carbonyl (C=O) groups excluding carboxylic acids is 3. The Hall–Kier alpha value is -5.77. The second-order valence-corrected chi connectivity index (χ2v) is 18.3. The fraction of sp³-hybridized carbons (Fsp3) is 0.543. The summed E-state index contributed by atoms with van der Waals surface area (Å²) in [5, 5.41) is 19.6. The Kier molecular flexibility index (Phi) is 10.9. The number of ether oxygens (including phenoxy) is 2. The number of para-hydroxylation sites is 1. The van der Waals surface area contributed by atoms with Crippen molar-refractivity contribution in [3.05, 3.63) is 65.4 Å². The first kappa shape index (κ1) is 41.0. The molecule has 0 radical (unpaired) electrons. The molecule has 64 heavy (non-hydrogen) atoms. The van der Waals surface area contributed by atoms with Gasteiger partial charge in [-0.15, -0.1) is 0 Å². The number of hydrogen-bond acceptors (Lipinski definition) is 11. The molecule has 6 fully saturated rings. The van der Waals surface area contributed by atoms with Crippen LogP contribution in [0, 0.1) is 17.8 Å². The van der Waals surface area contributed by atoms with Crippen LogP contribution in [0.1, 0.15) is 122 Å². The molecule has 6 aliphatic rings. The SMILES string of the molecule is O=C1CCC(c2nn(C3CC3)c3c(C#CCOC4CCN(CC5CCC(n6cc(NC(=O)c7cnn8ccc(N9C[C@H]%10C[C@@H]9CO%10)nc78)c(C(F)F)n6)CC5)CC4)cccc23)C(=O)N1. The largest absolute Gasteiger partial charge is 0.374 e. The summed E-state index contributed by atoms with van der Waals surface area (Å²) in [7, 11) is 0. The molecule has 2 aliphatic carbocycles. The van der Waals surface area contributed by atoms with E-state index in [1.807, 2.05) is 28.9 Å². The van der Waals surface area contributed by atoms with Gasteiger partial charge in [-0.05, 0) is 82.3 Å². The van der Waals surface area contributed by atoms with Crippen LogP contribution < -0.4 is 15.5 Å². The standard InChI is InChI=1S/C46H51F2N11O5/c47-43(48)41-37(50-46(62)36-22-49-57-19-16-38(51-44(36)57)56-24-33-21-31(56)26-64-33)25-58(53-41)29-8-6-27(7-9-29)23-55-17-14-32(15-18-55)63-20-2-4-28-3-1-5-34-40(35-12-13-39(60)52-45(35)61)54-59(42(28)34)30-10-11-30/h1,3,5,16,19,22,25,27,29-33,35,43H,6-15,17-18,20-21,23-24,26H2,(H,50,62)(H,52,60,61)/t27?,29?,31-,33-,35?/m1/s1. The van der Waals surface area contributed by atoms with Gasteiger partial charge in [0.15, 0.2) is 11.3 Å². The quantitative estimate of drug-likeness (QED) is 0.126. The Labute approximate surface area is 368 Å². The lowest BCUT2D eigenvalue weighted by Crippen LogP contribution is -2.40. The molecule has 2 saturated carbocycles. The topological polar surface area (TPSA) is 166 Å². The monoisotopic (exact) mass is 875 g/mol. The smallest absolute Gasteiger partial charge is 0.284 e. The number of amides is 3. The van der Waals surface area contributed by atoms with Crippen LogP contribution in [0.3, 0.4) is 0 Å². The van der Waals surface area contributed by atoms with Crippen molar-refractivity contribution in [2.24, 2.45) is 5.92 Å². The Morgan fingerprint density at radius 2 is 1.83 bits per heavy atom. The third-order valence-electron chi connectivity index (χ3n) is 14.1. The molecule has 334 valence electrons. The van der Waals surface area contributed by atoms with Gasteiger partial charge in [0.05, 0.1) is 71.5 Å². The summed E-state index contributed by atoms with van der Waals surface area (Å²) in [5.74, 6) is 6.28. The Morgan fingerprint density at radius 1 is 1.00 bits per heavy atom. The maximum absolute atomic E-state index is 14.3. The minimum atomic E-state index is -2.85. The summed E-state index contributed by atoms with van der Waals surface area (Å²) in [4.78, 5) is 47.6. The molecule has 1 aromatic carbocycles. The number of halogens is 2. The summed E-state index contributed by atoms with van der Waals surface area (Å²) in [6, 6.07) is 8.32. The number of morpholine rings is 1. The highest BCUT2D eigenvalue weighted by Gasteiger charge is 2.40. The zero-order valence-electron chi connectivity index (χ0n) is 35.5. The first-order valence-corrected chi connectivity index (χ1v) is 22.8. The molecule has 18 heteroatoms. The van der Waals surface area contributed by atoms with E-state index in [9.17, 15) is 23.2 Å². The number of carbonyl (C=O) groups is 3. The van der Waals surface area contributed by atoms with Crippen molar-refractivity contribution < 1.29 is 32.6 Å². The molecule has 8 heterocycles. The first-order valence-electron chi connectivity index (χ1n) is 22.8. The van der Waals surface area contributed by atoms with Crippen molar-refractivity contribution >= 4 is 45.8 Å². The third kappa shape index (κ3) is 8.02. The Morgan fingerprint density at radius 3 is 2.58 bits per heavy atom. The number of benzene rings is 1. The van der Waals surface area contributed by atoms with Gasteiger partial charge in [0.1, 0.15) is 18.0 Å². The van der Waals surface area contributed by atoms with Crippen molar-refractivity contribution in [1.82, 2.24) is 44.4 Å². The number of imide groups is 1. The Bertz CT molecular complexity index is 2660. The van der Waals surface area contributed by atoms with Gasteiger partial charge in [-0.3, -0.25) is 29.1 Å². The van der Waals surface area contributed by atoms with Crippen LogP contribution in [0.2, 0.25) is 0 Å². The number of hydrogen-bond donors (Lipinski definition) is 2. The zero-order valence-corrected chi connectivity index (χ0v) is 35.5. The van der Waals surface area contributed by atoms with Crippen molar-refractivity contribution in [2.75, 3.05) is 49.6 Å². The zero-order chi connectivity index (χ0) is 43.5. The number of aromatic nitrogens is 7. The predicted octanol–water partition coefficient (Wildman–Crippen LogP) is 5.56. The molecule has 11 rings (SSSR count). The van der Waals surface area contributed by atoms with Crippen LogP contribution in [-0.4, -0.2) is 114 Å². The molecule has 4 aliphatic heterocycles. The molecule has 0 spiro atoms.